The van der Waals surface area contributed by atoms with Crippen LogP contribution in [0.4, 0.5) is 24.7 Å². The Hall–Kier alpha value is -1.46. The van der Waals surface area contributed by atoms with Crippen molar-refractivity contribution in [3.63, 3.8) is 0 Å². The average molecular weight is 245 g/mol. The minimum Gasteiger partial charge on any atom is -0.397 e. The average Bonchev–Trinajstić information content (AvgIpc) is 2.63. The molecule has 3 nitrogen and oxygen atoms in total. The summed E-state index contributed by atoms with van der Waals surface area (Å²) in [6.45, 7) is 2.73. The van der Waals surface area contributed by atoms with Crippen molar-refractivity contribution >= 4 is 11.5 Å². The van der Waals surface area contributed by atoms with Gasteiger partial charge < -0.3 is 10.6 Å². The molecule has 2 N–H and O–H groups in total. The zero-order chi connectivity index (χ0) is 12.6. The second kappa shape index (κ2) is 4.09. The fraction of sp³-hybridized carbons (Fsp3) is 0.545. The molecule has 0 spiro atoms. The molecule has 0 aromatic carbocycles. The van der Waals surface area contributed by atoms with Gasteiger partial charge in [0.2, 0.25) is 0 Å². The summed E-state index contributed by atoms with van der Waals surface area (Å²) in [6, 6.07) is 3.05. The van der Waals surface area contributed by atoms with Crippen LogP contribution >= 0.6 is 0 Å². The third kappa shape index (κ3) is 2.30. The standard InChI is InChI=1S/C11H14F3N3/c1-7-3-2-6-17(7)9-5-4-8(15)10(16-9)11(12,13)14/h4-5,7H,2-3,6,15H2,1H3/t7-/m0/s1. The molecule has 0 saturated carbocycles. The Kier molecular flexibility index (Phi) is 2.89. The van der Waals surface area contributed by atoms with Gasteiger partial charge in [-0.1, -0.05) is 0 Å². The molecule has 1 aliphatic heterocycles. The van der Waals surface area contributed by atoms with Gasteiger partial charge in [-0.05, 0) is 31.9 Å². The van der Waals surface area contributed by atoms with Crippen molar-refractivity contribution in [3.8, 4) is 0 Å². The normalized spacial score (nSPS) is 20.9. The molecule has 1 aromatic rings. The van der Waals surface area contributed by atoms with Crippen LogP contribution < -0.4 is 10.6 Å². The van der Waals surface area contributed by atoms with Gasteiger partial charge in [-0.25, -0.2) is 4.98 Å². The quantitative estimate of drug-likeness (QED) is 0.827. The van der Waals surface area contributed by atoms with Crippen LogP contribution in [0.25, 0.3) is 0 Å². The molecule has 0 radical (unpaired) electrons. The number of nitrogens with zero attached hydrogens (tertiary/aromatic N) is 2. The number of pyridine rings is 1. The van der Waals surface area contributed by atoms with Crippen molar-refractivity contribution in [2.24, 2.45) is 0 Å². The Bertz CT molecular complexity index is 417. The van der Waals surface area contributed by atoms with Gasteiger partial charge in [-0.3, -0.25) is 0 Å². The molecular weight excluding hydrogens is 231 g/mol. The molecule has 1 fully saturated rings. The monoisotopic (exact) mass is 245 g/mol. The lowest BCUT2D eigenvalue weighted by atomic mass is 10.2. The highest BCUT2D eigenvalue weighted by molar-refractivity contribution is 5.52. The molecular formula is C11H14F3N3. The zero-order valence-electron chi connectivity index (χ0n) is 9.46. The molecule has 1 atom stereocenters. The van der Waals surface area contributed by atoms with E-state index in [0.29, 0.717) is 5.82 Å². The molecule has 0 aliphatic carbocycles. The van der Waals surface area contributed by atoms with Gasteiger partial charge in [0.1, 0.15) is 5.82 Å². The van der Waals surface area contributed by atoms with E-state index in [0.717, 1.165) is 19.4 Å². The highest BCUT2D eigenvalue weighted by atomic mass is 19.4. The van der Waals surface area contributed by atoms with Crippen LogP contribution in [0, 0.1) is 0 Å². The van der Waals surface area contributed by atoms with Crippen molar-refractivity contribution < 1.29 is 13.2 Å². The van der Waals surface area contributed by atoms with Gasteiger partial charge in [0.15, 0.2) is 5.69 Å². The summed E-state index contributed by atoms with van der Waals surface area (Å²) in [7, 11) is 0. The Labute approximate surface area is 97.4 Å². The van der Waals surface area contributed by atoms with Gasteiger partial charge in [0.05, 0.1) is 5.69 Å². The van der Waals surface area contributed by atoms with E-state index in [9.17, 15) is 13.2 Å². The van der Waals surface area contributed by atoms with Crippen molar-refractivity contribution in [1.82, 2.24) is 4.98 Å². The molecule has 0 unspecified atom stereocenters. The van der Waals surface area contributed by atoms with E-state index >= 15 is 0 Å². The van der Waals surface area contributed by atoms with E-state index in [1.54, 1.807) is 6.07 Å². The molecule has 2 rings (SSSR count). The number of hydrogen-bond acceptors (Lipinski definition) is 3. The molecule has 0 amide bonds. The fourth-order valence-electron chi connectivity index (χ4n) is 2.12. The van der Waals surface area contributed by atoms with Crippen LogP contribution in [0.3, 0.4) is 0 Å². The highest BCUT2D eigenvalue weighted by Crippen LogP contribution is 2.34. The summed E-state index contributed by atoms with van der Waals surface area (Å²) >= 11 is 0. The third-order valence-corrected chi connectivity index (χ3v) is 3.03. The summed E-state index contributed by atoms with van der Waals surface area (Å²) < 4.78 is 38.0. The number of anilines is 2. The molecule has 94 valence electrons. The number of aromatic nitrogens is 1. The van der Waals surface area contributed by atoms with Gasteiger partial charge in [0.25, 0.3) is 0 Å². The Balaban J connectivity index is 2.37. The molecule has 1 aliphatic rings. The van der Waals surface area contributed by atoms with Gasteiger partial charge in [0, 0.05) is 12.6 Å². The lowest BCUT2D eigenvalue weighted by Gasteiger charge is -2.23. The largest absolute Gasteiger partial charge is 0.435 e. The van der Waals surface area contributed by atoms with E-state index in [-0.39, 0.29) is 11.7 Å². The first-order chi connectivity index (χ1) is 7.89. The SMILES string of the molecule is C[C@H]1CCCN1c1ccc(N)c(C(F)(F)F)n1. The lowest BCUT2D eigenvalue weighted by Crippen LogP contribution is -2.28. The van der Waals surface area contributed by atoms with E-state index in [1.165, 1.54) is 6.07 Å². The topological polar surface area (TPSA) is 42.1 Å². The lowest BCUT2D eigenvalue weighted by molar-refractivity contribution is -0.140. The van der Waals surface area contributed by atoms with Crippen LogP contribution in [0.2, 0.25) is 0 Å². The van der Waals surface area contributed by atoms with Crippen molar-refractivity contribution in [2.45, 2.75) is 32.0 Å². The molecule has 0 bridgehead atoms. The second-order valence-electron chi connectivity index (χ2n) is 4.29. The summed E-state index contributed by atoms with van der Waals surface area (Å²) in [4.78, 5) is 5.54. The van der Waals surface area contributed by atoms with Crippen LogP contribution in [-0.2, 0) is 6.18 Å². The van der Waals surface area contributed by atoms with Crippen molar-refractivity contribution in [2.75, 3.05) is 17.2 Å². The van der Waals surface area contributed by atoms with Gasteiger partial charge in [-0.2, -0.15) is 13.2 Å². The minimum atomic E-state index is -4.50. The van der Waals surface area contributed by atoms with Crippen LogP contribution in [0.1, 0.15) is 25.5 Å². The first-order valence-corrected chi connectivity index (χ1v) is 5.50. The first-order valence-electron chi connectivity index (χ1n) is 5.50. The number of halogens is 3. The Morgan fingerprint density at radius 1 is 1.41 bits per heavy atom. The Morgan fingerprint density at radius 3 is 2.65 bits per heavy atom. The van der Waals surface area contributed by atoms with E-state index in [1.807, 2.05) is 11.8 Å². The number of nitrogens with two attached hydrogens (primary N) is 1. The molecule has 1 saturated heterocycles. The van der Waals surface area contributed by atoms with E-state index in [4.69, 9.17) is 5.73 Å². The number of rotatable bonds is 1. The summed E-state index contributed by atoms with van der Waals surface area (Å²) in [6.07, 6.45) is -2.54. The zero-order valence-corrected chi connectivity index (χ0v) is 9.46. The van der Waals surface area contributed by atoms with E-state index < -0.39 is 11.9 Å². The molecule has 6 heteroatoms. The predicted molar refractivity (Wildman–Crippen MR) is 59.7 cm³/mol. The molecule has 17 heavy (non-hydrogen) atoms. The highest BCUT2D eigenvalue weighted by Gasteiger charge is 2.36. The molecule has 1 aromatic heterocycles. The maximum Gasteiger partial charge on any atom is 0.435 e. The summed E-state index contributed by atoms with van der Waals surface area (Å²) in [5, 5.41) is 0. The minimum absolute atomic E-state index is 0.229. The summed E-state index contributed by atoms with van der Waals surface area (Å²) in [5.74, 6) is 0.358. The van der Waals surface area contributed by atoms with Gasteiger partial charge >= 0.3 is 6.18 Å². The Morgan fingerprint density at radius 2 is 2.12 bits per heavy atom. The second-order valence-corrected chi connectivity index (χ2v) is 4.29. The summed E-state index contributed by atoms with van der Waals surface area (Å²) in [5.41, 5.74) is 3.99. The van der Waals surface area contributed by atoms with Crippen molar-refractivity contribution in [3.05, 3.63) is 17.8 Å². The van der Waals surface area contributed by atoms with Crippen LogP contribution in [0.15, 0.2) is 12.1 Å². The van der Waals surface area contributed by atoms with Crippen LogP contribution in [-0.4, -0.2) is 17.6 Å². The van der Waals surface area contributed by atoms with Crippen molar-refractivity contribution in [1.29, 1.82) is 0 Å². The third-order valence-electron chi connectivity index (χ3n) is 3.03. The predicted octanol–water partition coefficient (Wildman–Crippen LogP) is 2.67. The van der Waals surface area contributed by atoms with Gasteiger partial charge in [-0.15, -0.1) is 0 Å². The van der Waals surface area contributed by atoms with E-state index in [2.05, 4.69) is 4.98 Å². The molecule has 2 heterocycles. The van der Waals surface area contributed by atoms with Crippen LogP contribution in [0.5, 0.6) is 0 Å². The maximum atomic E-state index is 12.7. The first kappa shape index (κ1) is 12.0. The smallest absolute Gasteiger partial charge is 0.397 e. The number of nitrogen functional groups attached to an aromatic ring is 1. The maximum absolute atomic E-state index is 12.7. The number of hydrogen-bond donors (Lipinski definition) is 1. The number of alkyl halides is 3. The fourth-order valence-corrected chi connectivity index (χ4v) is 2.12.